The number of sulfone groups is 1. The number of halogens is 4. The monoisotopic (exact) mass is 486 g/mol. The highest BCUT2D eigenvalue weighted by Gasteiger charge is 2.38. The predicted octanol–water partition coefficient (Wildman–Crippen LogP) is 2.85. The Morgan fingerprint density at radius 3 is 2.18 bits per heavy atom. The van der Waals surface area contributed by atoms with Crippen LogP contribution in [0.5, 0.6) is 0 Å². The summed E-state index contributed by atoms with van der Waals surface area (Å²) in [6, 6.07) is 5.15. The molecule has 0 unspecified atom stereocenters. The number of aromatic nitrogens is 2. The Labute approximate surface area is 188 Å². The van der Waals surface area contributed by atoms with Crippen molar-refractivity contribution < 1.29 is 30.8 Å². The van der Waals surface area contributed by atoms with Gasteiger partial charge in [-0.15, -0.1) is 0 Å². The second-order valence-electron chi connectivity index (χ2n) is 8.24. The van der Waals surface area contributed by atoms with E-state index in [0.29, 0.717) is 12.1 Å². The lowest BCUT2D eigenvalue weighted by Gasteiger charge is -2.43. The zero-order chi connectivity index (χ0) is 23.8. The number of piperazine rings is 1. The number of carbonyl (C=O) groups is 1. The van der Waals surface area contributed by atoms with Crippen LogP contribution in [-0.4, -0.2) is 60.3 Å². The molecule has 7 nitrogen and oxygen atoms in total. The number of carbonyl (C=O) groups excluding carboxylic acids is 1. The highest BCUT2D eigenvalue weighted by Crippen LogP contribution is 2.32. The third kappa shape index (κ3) is 5.26. The minimum Gasteiger partial charge on any atom is -0.337 e. The van der Waals surface area contributed by atoms with Gasteiger partial charge in [-0.1, -0.05) is 12.1 Å². The number of anilines is 1. The molecule has 0 bridgehead atoms. The summed E-state index contributed by atoms with van der Waals surface area (Å²) >= 11 is 0. The summed E-state index contributed by atoms with van der Waals surface area (Å²) in [5.74, 6) is -1.01. The van der Waals surface area contributed by atoms with Gasteiger partial charge in [-0.3, -0.25) is 4.79 Å². The Hall–Kier alpha value is -2.76. The fourth-order valence-electron chi connectivity index (χ4n) is 4.20. The maximum Gasteiger partial charge on any atom is 0.419 e. The minimum atomic E-state index is -4.55. The van der Waals surface area contributed by atoms with E-state index >= 15 is 0 Å². The number of hydrogen-bond donors (Lipinski definition) is 0. The minimum absolute atomic E-state index is 0.0377. The van der Waals surface area contributed by atoms with Crippen molar-refractivity contribution in [3.63, 3.8) is 0 Å². The summed E-state index contributed by atoms with van der Waals surface area (Å²) in [4.78, 5) is 24.3. The third-order valence-corrected chi connectivity index (χ3v) is 7.79. The van der Waals surface area contributed by atoms with Crippen LogP contribution in [0.4, 0.5) is 23.5 Å². The Balaban J connectivity index is 1.57. The quantitative estimate of drug-likeness (QED) is 0.621. The highest BCUT2D eigenvalue weighted by molar-refractivity contribution is 7.91. The molecule has 2 saturated heterocycles. The molecule has 1 atom stereocenters. The van der Waals surface area contributed by atoms with E-state index in [4.69, 9.17) is 0 Å². The molecule has 1 aromatic heterocycles. The zero-order valence-corrected chi connectivity index (χ0v) is 18.3. The number of hydrogen-bond acceptors (Lipinski definition) is 6. The lowest BCUT2D eigenvalue weighted by Crippen LogP contribution is -2.53. The summed E-state index contributed by atoms with van der Waals surface area (Å²) in [6.07, 6.45) is -2.61. The van der Waals surface area contributed by atoms with Gasteiger partial charge in [0.2, 0.25) is 11.9 Å². The molecule has 2 aromatic rings. The van der Waals surface area contributed by atoms with Gasteiger partial charge in [0.1, 0.15) is 15.7 Å². The van der Waals surface area contributed by atoms with Crippen LogP contribution in [0, 0.1) is 11.7 Å². The number of alkyl halides is 3. The summed E-state index contributed by atoms with van der Waals surface area (Å²) in [5.41, 5.74) is -0.299. The SMILES string of the molecule is O=C(C1CCS(=O)(=O)CC1)N1CCN(c2ncc(C(F)(F)F)cn2)C[C@H]1c1ccc(F)cc1. The molecule has 33 heavy (non-hydrogen) atoms. The van der Waals surface area contributed by atoms with Crippen molar-refractivity contribution in [2.45, 2.75) is 25.1 Å². The molecule has 2 fully saturated rings. The Morgan fingerprint density at radius 1 is 1.00 bits per heavy atom. The van der Waals surface area contributed by atoms with Gasteiger partial charge in [0, 0.05) is 37.9 Å². The molecule has 2 aliphatic heterocycles. The van der Waals surface area contributed by atoms with Crippen molar-refractivity contribution in [2.75, 3.05) is 36.0 Å². The second-order valence-corrected chi connectivity index (χ2v) is 10.5. The number of amides is 1. The Kier molecular flexibility index (Phi) is 6.30. The van der Waals surface area contributed by atoms with E-state index in [1.165, 1.54) is 12.1 Å². The van der Waals surface area contributed by atoms with Crippen molar-refractivity contribution in [3.8, 4) is 0 Å². The van der Waals surface area contributed by atoms with Crippen LogP contribution in [0.1, 0.15) is 30.0 Å². The largest absolute Gasteiger partial charge is 0.419 e. The molecule has 0 spiro atoms. The van der Waals surface area contributed by atoms with E-state index in [1.807, 2.05) is 0 Å². The van der Waals surface area contributed by atoms with Crippen LogP contribution in [0.2, 0.25) is 0 Å². The van der Waals surface area contributed by atoms with Crippen LogP contribution in [0.25, 0.3) is 0 Å². The lowest BCUT2D eigenvalue weighted by molar-refractivity contribution is -0.139. The number of benzene rings is 1. The summed E-state index contributed by atoms with van der Waals surface area (Å²) in [7, 11) is -3.13. The molecule has 0 saturated carbocycles. The average Bonchev–Trinajstić information content (AvgIpc) is 2.78. The van der Waals surface area contributed by atoms with Gasteiger partial charge in [-0.25, -0.2) is 22.8 Å². The zero-order valence-electron chi connectivity index (χ0n) is 17.5. The highest BCUT2D eigenvalue weighted by atomic mass is 32.2. The molecule has 12 heteroatoms. The van der Waals surface area contributed by atoms with Gasteiger partial charge in [-0.05, 0) is 30.5 Å². The molecule has 178 valence electrons. The number of rotatable bonds is 3. The van der Waals surface area contributed by atoms with Crippen molar-refractivity contribution in [1.82, 2.24) is 14.9 Å². The normalized spacial score (nSPS) is 21.8. The van der Waals surface area contributed by atoms with Crippen molar-refractivity contribution in [2.24, 2.45) is 5.92 Å². The summed E-state index contributed by atoms with van der Waals surface area (Å²) in [5, 5.41) is 0. The molecule has 0 aliphatic carbocycles. The maximum absolute atomic E-state index is 13.5. The van der Waals surface area contributed by atoms with Gasteiger partial charge in [0.25, 0.3) is 0 Å². The van der Waals surface area contributed by atoms with Gasteiger partial charge < -0.3 is 9.80 Å². The average molecular weight is 486 g/mol. The van der Waals surface area contributed by atoms with Crippen LogP contribution in [0.3, 0.4) is 0 Å². The molecule has 1 aromatic carbocycles. The molecule has 0 N–H and O–H groups in total. The first-order valence-corrected chi connectivity index (χ1v) is 12.3. The maximum atomic E-state index is 13.5. The smallest absolute Gasteiger partial charge is 0.337 e. The first-order chi connectivity index (χ1) is 15.5. The van der Waals surface area contributed by atoms with Crippen LogP contribution in [-0.2, 0) is 20.8 Å². The molecule has 2 aliphatic rings. The molecule has 1 amide bonds. The van der Waals surface area contributed by atoms with Crippen molar-refractivity contribution >= 4 is 21.7 Å². The van der Waals surface area contributed by atoms with E-state index in [0.717, 1.165) is 12.4 Å². The van der Waals surface area contributed by atoms with Gasteiger partial charge in [0.05, 0.1) is 23.1 Å². The summed E-state index contributed by atoms with van der Waals surface area (Å²) < 4.78 is 75.5. The van der Waals surface area contributed by atoms with E-state index in [9.17, 15) is 30.8 Å². The van der Waals surface area contributed by atoms with Crippen molar-refractivity contribution in [3.05, 3.63) is 53.6 Å². The Bertz CT molecular complexity index is 1090. The number of nitrogens with zero attached hydrogens (tertiary/aromatic N) is 4. The molecule has 4 rings (SSSR count). The fourth-order valence-corrected chi connectivity index (χ4v) is 5.69. The van der Waals surface area contributed by atoms with E-state index in [-0.39, 0.29) is 49.3 Å². The fraction of sp³-hybridized carbons (Fsp3) is 0.476. The van der Waals surface area contributed by atoms with E-state index in [2.05, 4.69) is 9.97 Å². The van der Waals surface area contributed by atoms with Gasteiger partial charge >= 0.3 is 6.18 Å². The van der Waals surface area contributed by atoms with Crippen LogP contribution < -0.4 is 4.90 Å². The standard InChI is InChI=1S/C21H22F4N4O3S/c22-17-3-1-14(2-4-17)18-13-28(20-26-11-16(12-27-20)21(23,24)25)7-8-29(18)19(30)15-5-9-33(31,32)10-6-15/h1-4,11-12,15,18H,5-10,13H2/t18-/m0/s1. The molecular weight excluding hydrogens is 464 g/mol. The molecule has 3 heterocycles. The van der Waals surface area contributed by atoms with Crippen LogP contribution >= 0.6 is 0 Å². The summed E-state index contributed by atoms with van der Waals surface area (Å²) in [6.45, 7) is 0.738. The van der Waals surface area contributed by atoms with Gasteiger partial charge in [-0.2, -0.15) is 13.2 Å². The van der Waals surface area contributed by atoms with Crippen LogP contribution in [0.15, 0.2) is 36.7 Å². The van der Waals surface area contributed by atoms with Crippen molar-refractivity contribution in [1.29, 1.82) is 0 Å². The predicted molar refractivity (Wildman–Crippen MR) is 111 cm³/mol. The second kappa shape index (κ2) is 8.88. The lowest BCUT2D eigenvalue weighted by atomic mass is 9.96. The first kappa shape index (κ1) is 23.4. The molecular formula is C21H22F4N4O3S. The van der Waals surface area contributed by atoms with E-state index in [1.54, 1.807) is 21.9 Å². The third-order valence-electron chi connectivity index (χ3n) is 6.07. The van der Waals surface area contributed by atoms with E-state index < -0.39 is 39.4 Å². The van der Waals surface area contributed by atoms with Gasteiger partial charge in [0.15, 0.2) is 0 Å². The topological polar surface area (TPSA) is 83.5 Å². The Morgan fingerprint density at radius 2 is 1.61 bits per heavy atom. The first-order valence-electron chi connectivity index (χ1n) is 10.4. The molecule has 0 radical (unpaired) electrons.